The molecule has 14 aromatic carbocycles. The predicted octanol–water partition coefficient (Wildman–Crippen LogP) is 24.9. The van der Waals surface area contributed by atoms with Gasteiger partial charge in [0.2, 0.25) is 11.8 Å². The summed E-state index contributed by atoms with van der Waals surface area (Å²) in [6, 6.07) is 113. The van der Waals surface area contributed by atoms with Gasteiger partial charge >= 0.3 is 0 Å². The van der Waals surface area contributed by atoms with E-state index in [9.17, 15) is 0 Å². The Bertz CT molecular complexity index is 6230. The van der Waals surface area contributed by atoms with Gasteiger partial charge in [0.25, 0.3) is 0 Å². The third-order valence-corrected chi connectivity index (χ3v) is 18.4. The van der Waals surface area contributed by atoms with Gasteiger partial charge in [-0.1, -0.05) is 186 Å². The summed E-state index contributed by atoms with van der Waals surface area (Å²) in [5.74, 6) is 1.18. The van der Waals surface area contributed by atoms with Crippen molar-refractivity contribution in [3.05, 3.63) is 332 Å². The Morgan fingerprint density at radius 1 is 0.278 bits per heavy atom. The van der Waals surface area contributed by atoms with Crippen LogP contribution in [0.5, 0.6) is 0 Å². The molecule has 10 nitrogen and oxygen atoms in total. The highest BCUT2D eigenvalue weighted by molar-refractivity contribution is 9.10. The zero-order valence-corrected chi connectivity index (χ0v) is 53.5. The molecule has 0 saturated carbocycles. The average molecular weight is 1320 g/mol. The first-order chi connectivity index (χ1) is 48.0. The number of anilines is 6. The SMILES string of the molecule is Brc1cccc(-c2nc3cc4oc5ccccc5c4cc3o2)c1.c1ccc(N(c2ccccc2)c2ccc3c(c2)[nH]c2ccccc23)cc1.c1ccc(N(c2ccccc2)c2ccc3c4ccccc4n(-c4cccc(-c5nc6cc7oc8ccccc8c7cc6o5)c4)c3c2)cc1. The molecule has 1 N–H and O–H groups in total. The number of halogens is 1. The first-order valence-electron chi connectivity index (χ1n) is 32.1. The number of nitrogens with zero attached hydrogens (tertiary/aromatic N) is 5. The van der Waals surface area contributed by atoms with E-state index in [1.54, 1.807) is 0 Å². The maximum atomic E-state index is 6.41. The standard InChI is InChI=1S/C43H27N3O2.C24H18N2.C19H10BrNO2/c1-3-13-29(14-4-1)45(30-15-5-2-6-16-30)32-22-23-34-33-18-7-9-20-38(33)46(39(34)25-32)31-17-11-12-28(24-31)43-44-37-27-41-36(26-42(37)48-43)35-19-8-10-21-40(35)47-41;1-3-9-18(10-4-1)26(19-11-5-2-6-12-19)20-15-16-22-21-13-7-8-14-23(21)25-24(22)17-20;20-12-5-3-4-11(8-12)19-21-15-10-17-14(9-18(15)23-19)13-6-1-2-7-16(13)22-17/h1-27H;1-17,25H;1-10H. The summed E-state index contributed by atoms with van der Waals surface area (Å²) in [5.41, 5.74) is 20.6. The van der Waals surface area contributed by atoms with Gasteiger partial charge in [-0.3, -0.25) is 0 Å². The highest BCUT2D eigenvalue weighted by Crippen LogP contribution is 2.43. The summed E-state index contributed by atoms with van der Waals surface area (Å²) < 4.78 is 27.7. The summed E-state index contributed by atoms with van der Waals surface area (Å²) in [6.07, 6.45) is 0. The fraction of sp³-hybridized carbons (Fsp3) is 0. The van der Waals surface area contributed by atoms with Crippen LogP contribution in [0.1, 0.15) is 0 Å². The number of benzene rings is 14. The van der Waals surface area contributed by atoms with E-state index in [0.29, 0.717) is 11.8 Å². The van der Waals surface area contributed by atoms with Crippen LogP contribution in [0.25, 0.3) is 138 Å². The van der Waals surface area contributed by atoms with E-state index in [4.69, 9.17) is 22.7 Å². The molecule has 0 atom stereocenters. The minimum atomic E-state index is 0.574. The molecule has 0 spiro atoms. The molecule has 0 aliphatic heterocycles. The predicted molar refractivity (Wildman–Crippen MR) is 401 cm³/mol. The van der Waals surface area contributed by atoms with Crippen LogP contribution in [-0.4, -0.2) is 19.5 Å². The van der Waals surface area contributed by atoms with Gasteiger partial charge in [0.1, 0.15) is 33.4 Å². The molecule has 460 valence electrons. The zero-order chi connectivity index (χ0) is 64.3. The lowest BCUT2D eigenvalue weighted by Gasteiger charge is -2.25. The van der Waals surface area contributed by atoms with Crippen molar-refractivity contribution in [1.29, 1.82) is 0 Å². The van der Waals surface area contributed by atoms with Gasteiger partial charge in [0.15, 0.2) is 11.2 Å². The molecule has 0 aliphatic rings. The molecule has 97 heavy (non-hydrogen) atoms. The number of aromatic nitrogens is 4. The van der Waals surface area contributed by atoms with Crippen LogP contribution in [0.2, 0.25) is 0 Å². The maximum absolute atomic E-state index is 6.41. The first-order valence-corrected chi connectivity index (χ1v) is 32.9. The number of nitrogens with one attached hydrogen (secondary N) is 1. The van der Waals surface area contributed by atoms with E-state index in [0.717, 1.165) is 138 Å². The normalized spacial score (nSPS) is 11.6. The Morgan fingerprint density at radius 2 is 0.722 bits per heavy atom. The Balaban J connectivity index is 0.000000117. The van der Waals surface area contributed by atoms with E-state index >= 15 is 0 Å². The van der Waals surface area contributed by atoms with Crippen LogP contribution in [0.15, 0.2) is 350 Å². The first kappa shape index (κ1) is 57.0. The lowest BCUT2D eigenvalue weighted by molar-refractivity contribution is 0.619. The van der Waals surface area contributed by atoms with E-state index in [-0.39, 0.29) is 0 Å². The Morgan fingerprint density at radius 3 is 1.28 bits per heavy atom. The molecule has 0 unspecified atom stereocenters. The van der Waals surface area contributed by atoms with Crippen molar-refractivity contribution < 1.29 is 17.7 Å². The molecule has 6 aromatic heterocycles. The van der Waals surface area contributed by atoms with Gasteiger partial charge in [-0.15, -0.1) is 0 Å². The Kier molecular flexibility index (Phi) is 14.1. The van der Waals surface area contributed by atoms with Crippen molar-refractivity contribution >= 4 is 160 Å². The van der Waals surface area contributed by atoms with Gasteiger partial charge in [0, 0.05) is 122 Å². The fourth-order valence-corrected chi connectivity index (χ4v) is 13.9. The molecule has 0 amide bonds. The second-order valence-electron chi connectivity index (χ2n) is 23.9. The van der Waals surface area contributed by atoms with E-state index in [2.05, 4.69) is 271 Å². The average Bonchev–Trinajstić information content (AvgIpc) is 1.64. The van der Waals surface area contributed by atoms with Crippen molar-refractivity contribution in [3.8, 4) is 28.6 Å². The van der Waals surface area contributed by atoms with E-state index in [1.807, 2.05) is 97.1 Å². The molecule has 0 saturated heterocycles. The van der Waals surface area contributed by atoms with Crippen molar-refractivity contribution in [1.82, 2.24) is 19.5 Å². The quantitative estimate of drug-likeness (QED) is 0.152. The van der Waals surface area contributed by atoms with Crippen molar-refractivity contribution in [3.63, 3.8) is 0 Å². The van der Waals surface area contributed by atoms with Crippen LogP contribution in [0, 0.1) is 0 Å². The van der Waals surface area contributed by atoms with Gasteiger partial charge in [0.05, 0.1) is 11.0 Å². The summed E-state index contributed by atoms with van der Waals surface area (Å²) in [6.45, 7) is 0. The third kappa shape index (κ3) is 10.5. The molecule has 6 heterocycles. The topological polar surface area (TPSA) is 106 Å². The van der Waals surface area contributed by atoms with E-state index < -0.39 is 0 Å². The van der Waals surface area contributed by atoms with E-state index in [1.165, 1.54) is 27.1 Å². The third-order valence-electron chi connectivity index (χ3n) is 17.9. The smallest absolute Gasteiger partial charge is 0.227 e. The van der Waals surface area contributed by atoms with Crippen molar-refractivity contribution in [2.24, 2.45) is 0 Å². The molecule has 20 aromatic rings. The minimum Gasteiger partial charge on any atom is -0.456 e. The van der Waals surface area contributed by atoms with Crippen molar-refractivity contribution in [2.75, 3.05) is 9.80 Å². The maximum Gasteiger partial charge on any atom is 0.227 e. The molecular formula is C86H55BrN6O4. The molecule has 20 rings (SSSR count). The van der Waals surface area contributed by atoms with Crippen LogP contribution >= 0.6 is 15.9 Å². The highest BCUT2D eigenvalue weighted by Gasteiger charge is 2.21. The minimum absolute atomic E-state index is 0.574. The number of rotatable bonds is 9. The summed E-state index contributed by atoms with van der Waals surface area (Å²) in [5, 5.41) is 9.14. The summed E-state index contributed by atoms with van der Waals surface area (Å²) in [7, 11) is 0. The lowest BCUT2D eigenvalue weighted by atomic mass is 10.1. The number of fused-ring (bicyclic) bond motifs is 14. The number of hydrogen-bond acceptors (Lipinski definition) is 8. The van der Waals surface area contributed by atoms with Crippen LogP contribution in [0.4, 0.5) is 34.1 Å². The number of oxazole rings is 2. The number of para-hydroxylation sites is 8. The summed E-state index contributed by atoms with van der Waals surface area (Å²) >= 11 is 3.48. The molecule has 11 heteroatoms. The second-order valence-corrected chi connectivity index (χ2v) is 24.8. The van der Waals surface area contributed by atoms with Crippen LogP contribution in [-0.2, 0) is 0 Å². The van der Waals surface area contributed by atoms with Crippen LogP contribution in [0.3, 0.4) is 0 Å². The molecule has 0 fully saturated rings. The number of hydrogen-bond donors (Lipinski definition) is 1. The number of aromatic amines is 1. The molecule has 0 aliphatic carbocycles. The molecule has 0 radical (unpaired) electrons. The molecule has 0 bridgehead atoms. The van der Waals surface area contributed by atoms with Gasteiger partial charge in [-0.05, 0) is 146 Å². The fourth-order valence-electron chi connectivity index (χ4n) is 13.5. The van der Waals surface area contributed by atoms with Gasteiger partial charge in [-0.2, -0.15) is 0 Å². The number of H-pyrrole nitrogens is 1. The number of furan rings is 2. The second kappa shape index (κ2) is 24.0. The largest absolute Gasteiger partial charge is 0.456 e. The summed E-state index contributed by atoms with van der Waals surface area (Å²) in [4.78, 5) is 17.6. The van der Waals surface area contributed by atoms with Crippen LogP contribution < -0.4 is 9.80 Å². The Labute approximate surface area is 563 Å². The van der Waals surface area contributed by atoms with Gasteiger partial charge in [-0.25, -0.2) is 9.97 Å². The zero-order valence-electron chi connectivity index (χ0n) is 51.9. The Hall–Kier alpha value is -12.7. The van der Waals surface area contributed by atoms with Crippen molar-refractivity contribution in [2.45, 2.75) is 0 Å². The molecular weight excluding hydrogens is 1260 g/mol. The van der Waals surface area contributed by atoms with Gasteiger partial charge < -0.3 is 37.0 Å². The monoisotopic (exact) mass is 1310 g/mol. The lowest BCUT2D eigenvalue weighted by Crippen LogP contribution is -2.09. The highest BCUT2D eigenvalue weighted by atomic mass is 79.9.